The Morgan fingerprint density at radius 3 is 2.50 bits per heavy atom. The van der Waals surface area contributed by atoms with Gasteiger partial charge in [0.2, 0.25) is 0 Å². The normalized spacial score (nSPS) is 12.8. The Labute approximate surface area is 129 Å². The molecule has 0 amide bonds. The molecule has 0 spiro atoms. The SMILES string of the molecule is Cc1ccc(C(CBr)Cc2ncnn2CC(C)C)cc1. The van der Waals surface area contributed by atoms with Crippen molar-refractivity contribution in [2.45, 2.75) is 39.7 Å². The molecule has 1 unspecified atom stereocenters. The van der Waals surface area contributed by atoms with Crippen LogP contribution in [0.5, 0.6) is 0 Å². The van der Waals surface area contributed by atoms with E-state index in [4.69, 9.17) is 0 Å². The molecule has 0 aliphatic carbocycles. The fourth-order valence-corrected chi connectivity index (χ4v) is 2.87. The molecule has 3 nitrogen and oxygen atoms in total. The summed E-state index contributed by atoms with van der Waals surface area (Å²) in [7, 11) is 0. The molecule has 4 heteroatoms. The van der Waals surface area contributed by atoms with Crippen molar-refractivity contribution in [3.8, 4) is 0 Å². The number of nitrogens with zero attached hydrogens (tertiary/aromatic N) is 3. The summed E-state index contributed by atoms with van der Waals surface area (Å²) in [6.07, 6.45) is 2.58. The zero-order chi connectivity index (χ0) is 14.5. The molecule has 2 aromatic rings. The summed E-state index contributed by atoms with van der Waals surface area (Å²) in [4.78, 5) is 4.43. The molecule has 0 radical (unpaired) electrons. The zero-order valence-corrected chi connectivity index (χ0v) is 14.0. The maximum Gasteiger partial charge on any atom is 0.138 e. The van der Waals surface area contributed by atoms with E-state index in [-0.39, 0.29) is 0 Å². The van der Waals surface area contributed by atoms with Gasteiger partial charge in [-0.2, -0.15) is 5.10 Å². The van der Waals surface area contributed by atoms with Gasteiger partial charge in [-0.05, 0) is 18.4 Å². The third kappa shape index (κ3) is 3.92. The van der Waals surface area contributed by atoms with Crippen LogP contribution < -0.4 is 0 Å². The van der Waals surface area contributed by atoms with Crippen molar-refractivity contribution in [1.29, 1.82) is 0 Å². The van der Waals surface area contributed by atoms with Gasteiger partial charge in [-0.25, -0.2) is 9.67 Å². The van der Waals surface area contributed by atoms with Crippen molar-refractivity contribution in [3.05, 3.63) is 47.5 Å². The van der Waals surface area contributed by atoms with Crippen molar-refractivity contribution in [1.82, 2.24) is 14.8 Å². The fraction of sp³-hybridized carbons (Fsp3) is 0.500. The van der Waals surface area contributed by atoms with E-state index >= 15 is 0 Å². The lowest BCUT2D eigenvalue weighted by Gasteiger charge is -2.16. The highest BCUT2D eigenvalue weighted by Gasteiger charge is 2.15. The quantitative estimate of drug-likeness (QED) is 0.748. The molecule has 0 bridgehead atoms. The molecule has 20 heavy (non-hydrogen) atoms. The summed E-state index contributed by atoms with van der Waals surface area (Å²) in [5.74, 6) is 2.09. The second-order valence-electron chi connectivity index (χ2n) is 5.72. The van der Waals surface area contributed by atoms with Crippen LogP contribution in [0, 0.1) is 12.8 Å². The number of rotatable bonds is 6. The number of aryl methyl sites for hydroxylation is 1. The maximum atomic E-state index is 4.43. The van der Waals surface area contributed by atoms with Gasteiger partial charge in [0.05, 0.1) is 0 Å². The maximum absolute atomic E-state index is 4.43. The van der Waals surface area contributed by atoms with Crippen LogP contribution >= 0.6 is 15.9 Å². The first-order chi connectivity index (χ1) is 9.60. The van der Waals surface area contributed by atoms with Gasteiger partial charge in [0.15, 0.2) is 0 Å². The summed E-state index contributed by atoms with van der Waals surface area (Å²) in [6, 6.07) is 8.77. The Kier molecular flexibility index (Phi) is 5.35. The number of halogens is 1. The molecule has 0 aliphatic heterocycles. The predicted molar refractivity (Wildman–Crippen MR) is 86.3 cm³/mol. The number of aromatic nitrogens is 3. The van der Waals surface area contributed by atoms with E-state index in [9.17, 15) is 0 Å². The molecule has 2 rings (SSSR count). The average molecular weight is 336 g/mol. The average Bonchev–Trinajstić information content (AvgIpc) is 2.83. The van der Waals surface area contributed by atoms with Crippen LogP contribution in [0.1, 0.15) is 36.7 Å². The molecule has 1 heterocycles. The second kappa shape index (κ2) is 7.02. The lowest BCUT2D eigenvalue weighted by molar-refractivity contribution is 0.461. The third-order valence-corrected chi connectivity index (χ3v) is 4.18. The van der Waals surface area contributed by atoms with Crippen LogP contribution in [0.4, 0.5) is 0 Å². The Morgan fingerprint density at radius 1 is 1.20 bits per heavy atom. The molecule has 1 aromatic heterocycles. The fourth-order valence-electron chi connectivity index (χ4n) is 2.27. The Balaban J connectivity index is 2.14. The summed E-state index contributed by atoms with van der Waals surface area (Å²) in [5, 5.41) is 5.28. The first-order valence-corrected chi connectivity index (χ1v) is 8.21. The van der Waals surface area contributed by atoms with Crippen LogP contribution in [-0.2, 0) is 13.0 Å². The van der Waals surface area contributed by atoms with Gasteiger partial charge in [-0.3, -0.25) is 0 Å². The molecule has 0 saturated heterocycles. The topological polar surface area (TPSA) is 30.7 Å². The number of benzene rings is 1. The summed E-state index contributed by atoms with van der Waals surface area (Å²) < 4.78 is 2.04. The number of hydrogen-bond donors (Lipinski definition) is 0. The van der Waals surface area contributed by atoms with Crippen molar-refractivity contribution in [2.75, 3.05) is 5.33 Å². The summed E-state index contributed by atoms with van der Waals surface area (Å²) in [5.41, 5.74) is 2.65. The lowest BCUT2D eigenvalue weighted by Crippen LogP contribution is -2.14. The summed E-state index contributed by atoms with van der Waals surface area (Å²) >= 11 is 3.63. The minimum Gasteiger partial charge on any atom is -0.250 e. The van der Waals surface area contributed by atoms with Gasteiger partial charge in [0.1, 0.15) is 12.2 Å². The molecule has 0 fully saturated rings. The molecule has 108 valence electrons. The minimum absolute atomic E-state index is 0.436. The first kappa shape index (κ1) is 15.2. The Hall–Kier alpha value is -1.16. The third-order valence-electron chi connectivity index (χ3n) is 3.40. The smallest absolute Gasteiger partial charge is 0.138 e. The van der Waals surface area contributed by atoms with Crippen LogP contribution in [0.2, 0.25) is 0 Å². The monoisotopic (exact) mass is 335 g/mol. The lowest BCUT2D eigenvalue weighted by atomic mass is 9.96. The van der Waals surface area contributed by atoms with Gasteiger partial charge in [0, 0.05) is 24.2 Å². The van der Waals surface area contributed by atoms with E-state index in [0.29, 0.717) is 11.8 Å². The van der Waals surface area contributed by atoms with Gasteiger partial charge in [0.25, 0.3) is 0 Å². The summed E-state index contributed by atoms with van der Waals surface area (Å²) in [6.45, 7) is 7.45. The predicted octanol–water partition coefficient (Wildman–Crippen LogP) is 3.96. The van der Waals surface area contributed by atoms with E-state index in [2.05, 4.69) is 71.0 Å². The number of hydrogen-bond acceptors (Lipinski definition) is 2. The van der Waals surface area contributed by atoms with Gasteiger partial charge < -0.3 is 0 Å². The second-order valence-corrected chi connectivity index (χ2v) is 6.37. The van der Waals surface area contributed by atoms with E-state index in [0.717, 1.165) is 24.1 Å². The van der Waals surface area contributed by atoms with Crippen LogP contribution in [0.15, 0.2) is 30.6 Å². The van der Waals surface area contributed by atoms with Crippen molar-refractivity contribution in [3.63, 3.8) is 0 Å². The van der Waals surface area contributed by atoms with Crippen LogP contribution in [-0.4, -0.2) is 20.1 Å². The van der Waals surface area contributed by atoms with E-state index in [1.807, 2.05) is 4.68 Å². The Bertz CT molecular complexity index is 531. The van der Waals surface area contributed by atoms with Crippen LogP contribution in [0.3, 0.4) is 0 Å². The van der Waals surface area contributed by atoms with Gasteiger partial charge in [-0.15, -0.1) is 0 Å². The van der Waals surface area contributed by atoms with E-state index in [1.165, 1.54) is 11.1 Å². The molecule has 1 atom stereocenters. The number of alkyl halides is 1. The van der Waals surface area contributed by atoms with Crippen LogP contribution in [0.25, 0.3) is 0 Å². The van der Waals surface area contributed by atoms with E-state index < -0.39 is 0 Å². The minimum atomic E-state index is 0.436. The highest BCUT2D eigenvalue weighted by atomic mass is 79.9. The van der Waals surface area contributed by atoms with Crippen molar-refractivity contribution in [2.24, 2.45) is 5.92 Å². The molecule has 0 aliphatic rings. The molecule has 0 saturated carbocycles. The molecule has 0 N–H and O–H groups in total. The molecular formula is C16H22BrN3. The first-order valence-electron chi connectivity index (χ1n) is 7.09. The van der Waals surface area contributed by atoms with E-state index in [1.54, 1.807) is 6.33 Å². The molecule has 1 aromatic carbocycles. The molecular weight excluding hydrogens is 314 g/mol. The standard InChI is InChI=1S/C16H22BrN3/c1-12(2)10-20-16(18-11-19-20)8-15(9-17)14-6-4-13(3)5-7-14/h4-7,11-12,15H,8-10H2,1-3H3. The largest absolute Gasteiger partial charge is 0.250 e. The van der Waals surface area contributed by atoms with Crippen molar-refractivity contribution >= 4 is 15.9 Å². The van der Waals surface area contributed by atoms with Crippen molar-refractivity contribution < 1.29 is 0 Å². The zero-order valence-electron chi connectivity index (χ0n) is 12.4. The Morgan fingerprint density at radius 2 is 1.90 bits per heavy atom. The highest BCUT2D eigenvalue weighted by Crippen LogP contribution is 2.23. The van der Waals surface area contributed by atoms with Gasteiger partial charge >= 0.3 is 0 Å². The van der Waals surface area contributed by atoms with Gasteiger partial charge in [-0.1, -0.05) is 59.6 Å². The highest BCUT2D eigenvalue weighted by molar-refractivity contribution is 9.09.